The molecule has 0 spiro atoms. The van der Waals surface area contributed by atoms with Crippen LogP contribution >= 0.6 is 11.6 Å². The van der Waals surface area contributed by atoms with Crippen molar-refractivity contribution in [1.82, 2.24) is 15.5 Å². The third kappa shape index (κ3) is 5.69. The molecular weight excluding hydrogens is 376 g/mol. The molecule has 0 aliphatic carbocycles. The maximum Gasteiger partial charge on any atom is 0.271 e. The number of benzene rings is 2. The fraction of sp³-hybridized carbons (Fsp3) is 0.190. The molecule has 144 valence electrons. The second kappa shape index (κ2) is 9.71. The molecule has 3 aromatic rings. The molecule has 2 aromatic carbocycles. The Morgan fingerprint density at radius 1 is 1.04 bits per heavy atom. The standard InChI is InChI=1S/C21H21ClN4O2/c1-28-18-7-5-16(6-8-18)14-24-20-10-9-19(25-26-20)21(27)23-12-11-15-3-2-4-17(22)13-15/h2-10,13H,11-12,14H2,1H3,(H,23,27)(H,24,26). The van der Waals surface area contributed by atoms with Gasteiger partial charge in [-0.3, -0.25) is 4.79 Å². The van der Waals surface area contributed by atoms with Crippen LogP contribution in [0.1, 0.15) is 21.6 Å². The zero-order valence-corrected chi connectivity index (χ0v) is 16.2. The zero-order chi connectivity index (χ0) is 19.8. The first-order valence-electron chi connectivity index (χ1n) is 8.87. The number of anilines is 1. The molecular formula is C21H21ClN4O2. The number of hydrogen-bond donors (Lipinski definition) is 2. The second-order valence-corrected chi connectivity index (χ2v) is 6.58. The van der Waals surface area contributed by atoms with E-state index in [-0.39, 0.29) is 11.6 Å². The van der Waals surface area contributed by atoms with Gasteiger partial charge in [-0.2, -0.15) is 0 Å². The highest BCUT2D eigenvalue weighted by molar-refractivity contribution is 6.30. The van der Waals surface area contributed by atoms with Crippen LogP contribution in [0.15, 0.2) is 60.7 Å². The first-order chi connectivity index (χ1) is 13.6. The molecule has 2 N–H and O–H groups in total. The topological polar surface area (TPSA) is 76.1 Å². The normalized spacial score (nSPS) is 10.4. The number of ether oxygens (including phenoxy) is 1. The quantitative estimate of drug-likeness (QED) is 0.606. The van der Waals surface area contributed by atoms with Gasteiger partial charge in [-0.1, -0.05) is 35.9 Å². The van der Waals surface area contributed by atoms with Crippen LogP contribution < -0.4 is 15.4 Å². The summed E-state index contributed by atoms with van der Waals surface area (Å²) in [5.74, 6) is 1.16. The Morgan fingerprint density at radius 3 is 2.54 bits per heavy atom. The lowest BCUT2D eigenvalue weighted by molar-refractivity contribution is 0.0948. The van der Waals surface area contributed by atoms with Crippen molar-refractivity contribution in [3.05, 3.63) is 82.5 Å². The van der Waals surface area contributed by atoms with E-state index in [1.54, 1.807) is 19.2 Å². The van der Waals surface area contributed by atoms with Gasteiger partial charge in [0.25, 0.3) is 5.91 Å². The molecule has 0 bridgehead atoms. The van der Waals surface area contributed by atoms with Gasteiger partial charge in [-0.25, -0.2) is 0 Å². The molecule has 0 atom stereocenters. The van der Waals surface area contributed by atoms with Gasteiger partial charge in [-0.05, 0) is 53.9 Å². The Hall–Kier alpha value is -3.12. The molecule has 0 aliphatic rings. The van der Waals surface area contributed by atoms with Gasteiger partial charge in [-0.15, -0.1) is 10.2 Å². The van der Waals surface area contributed by atoms with Crippen LogP contribution in [-0.2, 0) is 13.0 Å². The molecule has 0 saturated heterocycles. The van der Waals surface area contributed by atoms with E-state index in [0.29, 0.717) is 30.4 Å². The molecule has 1 heterocycles. The van der Waals surface area contributed by atoms with Gasteiger partial charge >= 0.3 is 0 Å². The lowest BCUT2D eigenvalue weighted by atomic mass is 10.1. The first kappa shape index (κ1) is 19.6. The average Bonchev–Trinajstić information content (AvgIpc) is 2.73. The van der Waals surface area contributed by atoms with Crippen LogP contribution in [-0.4, -0.2) is 29.8 Å². The number of halogens is 1. The van der Waals surface area contributed by atoms with Crippen molar-refractivity contribution in [1.29, 1.82) is 0 Å². The minimum absolute atomic E-state index is 0.253. The number of amides is 1. The Bertz CT molecular complexity index is 914. The Kier molecular flexibility index (Phi) is 6.81. The SMILES string of the molecule is COc1ccc(CNc2ccc(C(=O)NCCc3cccc(Cl)c3)nn2)cc1. The van der Waals surface area contributed by atoms with E-state index in [4.69, 9.17) is 16.3 Å². The minimum atomic E-state index is -0.253. The number of nitrogens with one attached hydrogen (secondary N) is 2. The summed E-state index contributed by atoms with van der Waals surface area (Å²) in [5.41, 5.74) is 2.43. The highest BCUT2D eigenvalue weighted by Crippen LogP contribution is 2.13. The summed E-state index contributed by atoms with van der Waals surface area (Å²) in [6.07, 6.45) is 0.696. The Morgan fingerprint density at radius 2 is 1.86 bits per heavy atom. The predicted molar refractivity (Wildman–Crippen MR) is 110 cm³/mol. The van der Waals surface area contributed by atoms with Crippen LogP contribution in [0, 0.1) is 0 Å². The highest BCUT2D eigenvalue weighted by Gasteiger charge is 2.08. The third-order valence-electron chi connectivity index (χ3n) is 4.12. The summed E-state index contributed by atoms with van der Waals surface area (Å²) in [4.78, 5) is 12.2. The predicted octanol–water partition coefficient (Wildman–Crippen LogP) is 3.72. The second-order valence-electron chi connectivity index (χ2n) is 6.14. The smallest absolute Gasteiger partial charge is 0.271 e. The summed E-state index contributed by atoms with van der Waals surface area (Å²) in [5, 5.41) is 14.8. The van der Waals surface area contributed by atoms with Crippen LogP contribution in [0.4, 0.5) is 5.82 Å². The van der Waals surface area contributed by atoms with E-state index < -0.39 is 0 Å². The number of nitrogens with zero attached hydrogens (tertiary/aromatic N) is 2. The average molecular weight is 397 g/mol. The zero-order valence-electron chi connectivity index (χ0n) is 15.5. The number of methoxy groups -OCH3 is 1. The summed E-state index contributed by atoms with van der Waals surface area (Å²) in [7, 11) is 1.64. The van der Waals surface area contributed by atoms with Gasteiger partial charge in [0.15, 0.2) is 5.69 Å². The number of aromatic nitrogens is 2. The summed E-state index contributed by atoms with van der Waals surface area (Å²) in [6.45, 7) is 1.10. The van der Waals surface area contributed by atoms with E-state index in [0.717, 1.165) is 16.9 Å². The molecule has 0 saturated carbocycles. The molecule has 1 amide bonds. The largest absolute Gasteiger partial charge is 0.497 e. The summed E-state index contributed by atoms with van der Waals surface area (Å²) < 4.78 is 5.14. The van der Waals surface area contributed by atoms with Crippen LogP contribution in [0.25, 0.3) is 0 Å². The number of rotatable bonds is 8. The van der Waals surface area contributed by atoms with Crippen molar-refractivity contribution in [2.75, 3.05) is 19.0 Å². The van der Waals surface area contributed by atoms with Crippen molar-refractivity contribution in [2.24, 2.45) is 0 Å². The van der Waals surface area contributed by atoms with E-state index in [2.05, 4.69) is 20.8 Å². The van der Waals surface area contributed by atoms with Gasteiger partial charge in [0, 0.05) is 18.1 Å². The monoisotopic (exact) mass is 396 g/mol. The molecule has 0 unspecified atom stereocenters. The molecule has 28 heavy (non-hydrogen) atoms. The van der Waals surface area contributed by atoms with E-state index in [9.17, 15) is 4.79 Å². The van der Waals surface area contributed by atoms with Gasteiger partial charge in [0.05, 0.1) is 7.11 Å². The van der Waals surface area contributed by atoms with E-state index in [1.807, 2.05) is 48.5 Å². The van der Waals surface area contributed by atoms with Gasteiger partial charge < -0.3 is 15.4 Å². The number of carbonyl (C=O) groups excluding carboxylic acids is 1. The molecule has 6 nitrogen and oxygen atoms in total. The van der Waals surface area contributed by atoms with Gasteiger partial charge in [0.2, 0.25) is 0 Å². The Labute approximate surface area is 168 Å². The third-order valence-corrected chi connectivity index (χ3v) is 4.35. The van der Waals surface area contributed by atoms with Crippen LogP contribution in [0.3, 0.4) is 0 Å². The van der Waals surface area contributed by atoms with Crippen molar-refractivity contribution in [3.8, 4) is 5.75 Å². The Balaban J connectivity index is 1.46. The molecule has 7 heteroatoms. The van der Waals surface area contributed by atoms with Crippen molar-refractivity contribution in [3.63, 3.8) is 0 Å². The maximum absolute atomic E-state index is 12.2. The van der Waals surface area contributed by atoms with Crippen molar-refractivity contribution in [2.45, 2.75) is 13.0 Å². The van der Waals surface area contributed by atoms with E-state index in [1.165, 1.54) is 0 Å². The minimum Gasteiger partial charge on any atom is -0.497 e. The molecule has 0 radical (unpaired) electrons. The number of hydrogen-bond acceptors (Lipinski definition) is 5. The van der Waals surface area contributed by atoms with Gasteiger partial charge in [0.1, 0.15) is 11.6 Å². The fourth-order valence-electron chi connectivity index (χ4n) is 2.59. The van der Waals surface area contributed by atoms with Crippen LogP contribution in [0.5, 0.6) is 5.75 Å². The fourth-order valence-corrected chi connectivity index (χ4v) is 2.80. The molecule has 3 rings (SSSR count). The van der Waals surface area contributed by atoms with Crippen molar-refractivity contribution < 1.29 is 9.53 Å². The lowest BCUT2D eigenvalue weighted by Crippen LogP contribution is -2.26. The lowest BCUT2D eigenvalue weighted by Gasteiger charge is -2.07. The summed E-state index contributed by atoms with van der Waals surface area (Å²) in [6, 6.07) is 18.7. The first-order valence-corrected chi connectivity index (χ1v) is 9.25. The summed E-state index contributed by atoms with van der Waals surface area (Å²) >= 11 is 5.96. The van der Waals surface area contributed by atoms with E-state index >= 15 is 0 Å². The number of carbonyl (C=O) groups is 1. The molecule has 0 fully saturated rings. The maximum atomic E-state index is 12.2. The molecule has 1 aromatic heterocycles. The van der Waals surface area contributed by atoms with Crippen molar-refractivity contribution >= 4 is 23.3 Å². The molecule has 0 aliphatic heterocycles. The highest BCUT2D eigenvalue weighted by atomic mass is 35.5. The van der Waals surface area contributed by atoms with Crippen LogP contribution in [0.2, 0.25) is 5.02 Å².